The minimum atomic E-state index is -0.0857. The molecule has 0 aliphatic rings. The Morgan fingerprint density at radius 2 is 1.92 bits per heavy atom. The van der Waals surface area contributed by atoms with Crippen LogP contribution in [0.1, 0.15) is 11.3 Å². The average Bonchev–Trinajstić information content (AvgIpc) is 3.08. The van der Waals surface area contributed by atoms with E-state index in [1.165, 1.54) is 12.1 Å². The molecule has 0 aliphatic carbocycles. The standard InChI is InChI=1S/C16H9N5O4S/c17-7-10-6-15(19-13(10)8-18)20-21-16-12-3-2-11(23-24-25-26)5-9(12)1-4-14(16)22/h1-6,19,22,26H. The highest BCUT2D eigenvalue weighted by Gasteiger charge is 2.10. The molecule has 0 bridgehead atoms. The van der Waals surface area contributed by atoms with Gasteiger partial charge in [0.25, 0.3) is 0 Å². The molecule has 128 valence electrons. The Balaban J connectivity index is 1.99. The minimum Gasteiger partial charge on any atom is -0.506 e. The number of hydrogen-bond acceptors (Lipinski definition) is 9. The summed E-state index contributed by atoms with van der Waals surface area (Å²) in [5.41, 5.74) is 0.473. The first-order valence-corrected chi connectivity index (χ1v) is 7.38. The second-order valence-corrected chi connectivity index (χ2v) is 5.06. The number of azo groups is 1. The first kappa shape index (κ1) is 17.3. The van der Waals surface area contributed by atoms with E-state index in [0.29, 0.717) is 16.5 Å². The summed E-state index contributed by atoms with van der Waals surface area (Å²) >= 11 is 3.39. The lowest BCUT2D eigenvalue weighted by atomic mass is 10.1. The van der Waals surface area contributed by atoms with Crippen LogP contribution in [-0.4, -0.2) is 10.1 Å². The van der Waals surface area contributed by atoms with E-state index in [4.69, 9.17) is 15.4 Å². The normalized spacial score (nSPS) is 10.7. The summed E-state index contributed by atoms with van der Waals surface area (Å²) in [4.78, 5) is 7.49. The van der Waals surface area contributed by atoms with Crippen molar-refractivity contribution in [1.29, 1.82) is 10.5 Å². The van der Waals surface area contributed by atoms with Crippen LogP contribution in [0.4, 0.5) is 11.5 Å². The van der Waals surface area contributed by atoms with Crippen molar-refractivity contribution in [2.75, 3.05) is 0 Å². The summed E-state index contributed by atoms with van der Waals surface area (Å²) in [5, 5.41) is 41.6. The van der Waals surface area contributed by atoms with Gasteiger partial charge >= 0.3 is 0 Å². The zero-order valence-electron chi connectivity index (χ0n) is 12.9. The third-order valence-corrected chi connectivity index (χ3v) is 3.46. The van der Waals surface area contributed by atoms with Crippen LogP contribution < -0.4 is 4.89 Å². The van der Waals surface area contributed by atoms with Crippen LogP contribution in [0.15, 0.2) is 46.6 Å². The van der Waals surface area contributed by atoms with Crippen molar-refractivity contribution in [3.05, 3.63) is 47.7 Å². The Morgan fingerprint density at radius 1 is 1.08 bits per heavy atom. The number of phenolic OH excluding ortho intramolecular Hbond substituents is 1. The lowest BCUT2D eigenvalue weighted by Gasteiger charge is -2.06. The molecule has 10 heteroatoms. The first-order chi connectivity index (χ1) is 12.7. The number of nitriles is 2. The lowest BCUT2D eigenvalue weighted by Crippen LogP contribution is -1.92. The monoisotopic (exact) mass is 367 g/mol. The van der Waals surface area contributed by atoms with E-state index < -0.39 is 0 Å². The molecular weight excluding hydrogens is 358 g/mol. The van der Waals surface area contributed by atoms with Crippen LogP contribution in [0.25, 0.3) is 10.8 Å². The highest BCUT2D eigenvalue weighted by atomic mass is 32.1. The summed E-state index contributed by atoms with van der Waals surface area (Å²) in [6.45, 7) is 0. The van der Waals surface area contributed by atoms with Crippen molar-refractivity contribution in [2.45, 2.75) is 0 Å². The number of nitrogens with zero attached hydrogens (tertiary/aromatic N) is 4. The molecule has 26 heavy (non-hydrogen) atoms. The highest BCUT2D eigenvalue weighted by molar-refractivity contribution is 7.74. The number of nitrogens with one attached hydrogen (secondary N) is 1. The molecule has 0 aliphatic heterocycles. The molecule has 0 amide bonds. The Labute approximate surface area is 152 Å². The second kappa shape index (κ2) is 7.55. The number of phenols is 1. The van der Waals surface area contributed by atoms with Gasteiger partial charge in [0, 0.05) is 24.4 Å². The van der Waals surface area contributed by atoms with E-state index in [9.17, 15) is 5.11 Å². The Morgan fingerprint density at radius 3 is 2.62 bits per heavy atom. The molecule has 0 saturated carbocycles. The summed E-state index contributed by atoms with van der Waals surface area (Å²) in [5.74, 6) is 0.480. The third-order valence-electron chi connectivity index (χ3n) is 3.40. The number of thiol groups is 1. The van der Waals surface area contributed by atoms with E-state index in [1.54, 1.807) is 24.3 Å². The minimum absolute atomic E-state index is 0.0857. The molecule has 0 atom stereocenters. The number of aromatic amines is 1. The second-order valence-electron chi connectivity index (χ2n) is 4.91. The van der Waals surface area contributed by atoms with Gasteiger partial charge in [0.1, 0.15) is 29.3 Å². The molecule has 9 nitrogen and oxygen atoms in total. The largest absolute Gasteiger partial charge is 0.506 e. The molecule has 3 rings (SSSR count). The van der Waals surface area contributed by atoms with Crippen LogP contribution in [0.5, 0.6) is 11.5 Å². The van der Waals surface area contributed by atoms with Crippen LogP contribution in [0, 0.1) is 22.7 Å². The molecule has 0 spiro atoms. The molecular formula is C16H9N5O4S. The maximum atomic E-state index is 10.1. The van der Waals surface area contributed by atoms with E-state index in [1.807, 2.05) is 12.1 Å². The maximum Gasteiger partial charge on any atom is 0.169 e. The summed E-state index contributed by atoms with van der Waals surface area (Å²) in [7, 11) is 0. The van der Waals surface area contributed by atoms with E-state index in [-0.39, 0.29) is 28.5 Å². The van der Waals surface area contributed by atoms with Gasteiger partial charge in [-0.15, -0.1) is 14.6 Å². The topological polar surface area (TPSA) is 136 Å². The Kier molecular flexibility index (Phi) is 5.01. The predicted octanol–water partition coefficient (Wildman–Crippen LogP) is 4.12. The zero-order chi connectivity index (χ0) is 18.5. The number of rotatable bonds is 5. The average molecular weight is 367 g/mol. The van der Waals surface area contributed by atoms with Gasteiger partial charge in [-0.3, -0.25) is 0 Å². The Bertz CT molecular complexity index is 1050. The van der Waals surface area contributed by atoms with E-state index >= 15 is 0 Å². The van der Waals surface area contributed by atoms with Gasteiger partial charge < -0.3 is 15.0 Å². The molecule has 3 aromatic rings. The fraction of sp³-hybridized carbons (Fsp3) is 0. The summed E-state index contributed by atoms with van der Waals surface area (Å²) < 4.78 is 4.07. The molecule has 0 fully saturated rings. The van der Waals surface area contributed by atoms with Crippen molar-refractivity contribution in [2.24, 2.45) is 10.2 Å². The molecule has 1 aromatic heterocycles. The fourth-order valence-corrected chi connectivity index (χ4v) is 2.30. The lowest BCUT2D eigenvalue weighted by molar-refractivity contribution is -0.402. The van der Waals surface area contributed by atoms with Gasteiger partial charge in [0.15, 0.2) is 11.6 Å². The molecule has 0 saturated heterocycles. The van der Waals surface area contributed by atoms with Gasteiger partial charge in [0.05, 0.1) is 5.56 Å². The third kappa shape index (κ3) is 3.43. The number of fused-ring (bicyclic) bond motifs is 1. The van der Waals surface area contributed by atoms with Crippen molar-refractivity contribution < 1.29 is 19.4 Å². The highest BCUT2D eigenvalue weighted by Crippen LogP contribution is 2.37. The molecule has 2 N–H and O–H groups in total. The van der Waals surface area contributed by atoms with Crippen molar-refractivity contribution in [3.8, 4) is 23.6 Å². The SMILES string of the molecule is N#Cc1cc(N=Nc2c(O)ccc3cc(OOOS)ccc23)[nH]c1C#N. The molecule has 0 radical (unpaired) electrons. The zero-order valence-corrected chi connectivity index (χ0v) is 13.8. The fourth-order valence-electron chi connectivity index (χ4n) is 2.27. The number of hydrogen-bond donors (Lipinski definition) is 3. The first-order valence-electron chi connectivity index (χ1n) is 7.01. The van der Waals surface area contributed by atoms with Gasteiger partial charge in [0.2, 0.25) is 0 Å². The van der Waals surface area contributed by atoms with Crippen molar-refractivity contribution in [1.82, 2.24) is 4.98 Å². The quantitative estimate of drug-likeness (QED) is 0.204. The predicted molar refractivity (Wildman–Crippen MR) is 91.8 cm³/mol. The number of aromatic nitrogens is 1. The maximum absolute atomic E-state index is 10.1. The number of aromatic hydroxyl groups is 1. The number of benzene rings is 2. The number of H-pyrrole nitrogens is 1. The molecule has 1 heterocycles. The van der Waals surface area contributed by atoms with Crippen LogP contribution in [0.2, 0.25) is 0 Å². The smallest absolute Gasteiger partial charge is 0.169 e. The summed E-state index contributed by atoms with van der Waals surface area (Å²) in [6, 6.07) is 13.1. The van der Waals surface area contributed by atoms with Gasteiger partial charge in [-0.1, -0.05) is 6.07 Å². The van der Waals surface area contributed by atoms with E-state index in [0.717, 1.165) is 0 Å². The van der Waals surface area contributed by atoms with Crippen molar-refractivity contribution >= 4 is 35.2 Å². The van der Waals surface area contributed by atoms with Gasteiger partial charge in [-0.2, -0.15) is 10.5 Å². The van der Waals surface area contributed by atoms with Crippen molar-refractivity contribution in [3.63, 3.8) is 0 Å². The molecule has 0 unspecified atom stereocenters. The van der Waals surface area contributed by atoms with Crippen LogP contribution >= 0.6 is 12.9 Å². The van der Waals surface area contributed by atoms with Gasteiger partial charge in [-0.25, -0.2) is 0 Å². The van der Waals surface area contributed by atoms with E-state index in [2.05, 4.69) is 37.5 Å². The molecule has 2 aromatic carbocycles. The van der Waals surface area contributed by atoms with Crippen LogP contribution in [0.3, 0.4) is 0 Å². The van der Waals surface area contributed by atoms with Gasteiger partial charge in [-0.05, 0) is 34.7 Å². The summed E-state index contributed by atoms with van der Waals surface area (Å²) in [6.07, 6.45) is 0. The van der Waals surface area contributed by atoms with Crippen LogP contribution in [-0.2, 0) is 9.37 Å². The Hall–Kier alpha value is -3.57.